The second-order valence-electron chi connectivity index (χ2n) is 11.7. The second kappa shape index (κ2) is 10.8. The van der Waals surface area contributed by atoms with Crippen molar-refractivity contribution in [1.82, 2.24) is 0 Å². The molecule has 9 rings (SSSR count). The summed E-state index contributed by atoms with van der Waals surface area (Å²) in [6.45, 7) is 0. The highest BCUT2D eigenvalue weighted by molar-refractivity contribution is 6.22. The SMILES string of the molecule is C.c1ccc2cc(-c3c4ccccc4c(-c4ccc(-c5cc6ccccc6c6ccccc56)cc4)c4ccccc34)ccc2c1. The summed E-state index contributed by atoms with van der Waals surface area (Å²) in [6, 6.07) is 62.3. The minimum absolute atomic E-state index is 0. The van der Waals surface area contributed by atoms with Crippen molar-refractivity contribution in [2.45, 2.75) is 7.43 Å². The fourth-order valence-electron chi connectivity index (χ4n) is 7.20. The third-order valence-electron chi connectivity index (χ3n) is 9.22. The fourth-order valence-corrected chi connectivity index (χ4v) is 7.20. The second-order valence-corrected chi connectivity index (χ2v) is 11.7. The first-order chi connectivity index (χ1) is 21.8. The largest absolute Gasteiger partial charge is 0.0776 e. The van der Waals surface area contributed by atoms with Crippen LogP contribution >= 0.6 is 0 Å². The van der Waals surface area contributed by atoms with Gasteiger partial charge >= 0.3 is 0 Å². The van der Waals surface area contributed by atoms with Crippen LogP contribution in [0.5, 0.6) is 0 Å². The molecule has 0 heterocycles. The normalized spacial score (nSPS) is 11.4. The lowest BCUT2D eigenvalue weighted by atomic mass is 9.85. The average molecular weight is 573 g/mol. The van der Waals surface area contributed by atoms with Crippen molar-refractivity contribution in [3.8, 4) is 33.4 Å². The van der Waals surface area contributed by atoms with Gasteiger partial charge in [-0.25, -0.2) is 0 Å². The summed E-state index contributed by atoms with van der Waals surface area (Å²) >= 11 is 0. The Hall–Kier alpha value is -5.72. The topological polar surface area (TPSA) is 0 Å². The van der Waals surface area contributed by atoms with Gasteiger partial charge in [-0.1, -0.05) is 165 Å². The summed E-state index contributed by atoms with van der Waals surface area (Å²) in [5.41, 5.74) is 7.57. The van der Waals surface area contributed by atoms with Gasteiger partial charge in [0.15, 0.2) is 0 Å². The number of hydrogen-bond donors (Lipinski definition) is 0. The number of hydrogen-bond acceptors (Lipinski definition) is 0. The molecule has 0 saturated carbocycles. The predicted molar refractivity (Wildman–Crippen MR) is 197 cm³/mol. The molecule has 45 heavy (non-hydrogen) atoms. The van der Waals surface area contributed by atoms with Crippen molar-refractivity contribution in [3.63, 3.8) is 0 Å². The monoisotopic (exact) mass is 572 g/mol. The zero-order valence-corrected chi connectivity index (χ0v) is 24.2. The van der Waals surface area contributed by atoms with Crippen LogP contribution in [0.4, 0.5) is 0 Å². The van der Waals surface area contributed by atoms with Crippen LogP contribution in [0.3, 0.4) is 0 Å². The van der Waals surface area contributed by atoms with Gasteiger partial charge in [0.2, 0.25) is 0 Å². The van der Waals surface area contributed by atoms with E-state index in [1.807, 2.05) is 0 Å². The van der Waals surface area contributed by atoms with Gasteiger partial charge in [0.1, 0.15) is 0 Å². The summed E-state index contributed by atoms with van der Waals surface area (Å²) in [4.78, 5) is 0. The van der Waals surface area contributed by atoms with Gasteiger partial charge in [0.25, 0.3) is 0 Å². The van der Waals surface area contributed by atoms with E-state index >= 15 is 0 Å². The van der Waals surface area contributed by atoms with Gasteiger partial charge < -0.3 is 0 Å². The van der Waals surface area contributed by atoms with Crippen LogP contribution in [-0.4, -0.2) is 0 Å². The van der Waals surface area contributed by atoms with Gasteiger partial charge in [-0.15, -0.1) is 0 Å². The summed E-state index contributed by atoms with van der Waals surface area (Å²) in [6.07, 6.45) is 0. The molecule has 0 unspecified atom stereocenters. The summed E-state index contributed by atoms with van der Waals surface area (Å²) in [5, 5.41) is 12.8. The molecule has 0 fully saturated rings. The number of benzene rings is 9. The van der Waals surface area contributed by atoms with Gasteiger partial charge in [-0.05, 0) is 99.4 Å². The average Bonchev–Trinajstić information content (AvgIpc) is 3.10. The van der Waals surface area contributed by atoms with Crippen LogP contribution in [0.25, 0.3) is 87.2 Å². The maximum atomic E-state index is 2.34. The Morgan fingerprint density at radius 3 is 1.29 bits per heavy atom. The van der Waals surface area contributed by atoms with E-state index in [-0.39, 0.29) is 7.43 Å². The third kappa shape index (κ3) is 4.30. The maximum absolute atomic E-state index is 2.34. The van der Waals surface area contributed by atoms with Gasteiger partial charge in [0, 0.05) is 0 Å². The molecule has 0 radical (unpaired) electrons. The molecular weight excluding hydrogens is 540 g/mol. The molecule has 0 atom stereocenters. The maximum Gasteiger partial charge on any atom is -0.00262 e. The minimum atomic E-state index is 0. The van der Waals surface area contributed by atoms with Gasteiger partial charge in [0.05, 0.1) is 0 Å². The highest BCUT2D eigenvalue weighted by Gasteiger charge is 2.17. The van der Waals surface area contributed by atoms with Crippen molar-refractivity contribution in [2.24, 2.45) is 0 Å². The van der Waals surface area contributed by atoms with Crippen LogP contribution in [0, 0.1) is 0 Å². The number of rotatable bonds is 3. The molecule has 0 bridgehead atoms. The molecule has 0 aliphatic heterocycles. The van der Waals surface area contributed by atoms with Crippen molar-refractivity contribution in [2.75, 3.05) is 0 Å². The van der Waals surface area contributed by atoms with Gasteiger partial charge in [-0.2, -0.15) is 0 Å². The van der Waals surface area contributed by atoms with Crippen molar-refractivity contribution in [1.29, 1.82) is 0 Å². The van der Waals surface area contributed by atoms with E-state index in [1.165, 1.54) is 87.2 Å². The molecule has 0 aliphatic carbocycles. The Balaban J connectivity index is 0.00000300. The molecule has 0 saturated heterocycles. The zero-order chi connectivity index (χ0) is 29.0. The molecule has 0 aliphatic rings. The Morgan fingerprint density at radius 1 is 0.244 bits per heavy atom. The molecule has 0 heteroatoms. The Bertz CT molecular complexity index is 2480. The minimum Gasteiger partial charge on any atom is -0.0776 e. The molecule has 0 N–H and O–H groups in total. The lowest BCUT2D eigenvalue weighted by Gasteiger charge is -2.18. The van der Waals surface area contributed by atoms with E-state index in [4.69, 9.17) is 0 Å². The first-order valence-electron chi connectivity index (χ1n) is 15.3. The van der Waals surface area contributed by atoms with Crippen LogP contribution in [0.1, 0.15) is 7.43 Å². The molecule has 0 spiro atoms. The molecule has 212 valence electrons. The Kier molecular flexibility index (Phi) is 6.43. The lowest BCUT2D eigenvalue weighted by molar-refractivity contribution is 1.64. The predicted octanol–water partition coefficient (Wildman–Crippen LogP) is 13.1. The van der Waals surface area contributed by atoms with E-state index in [0.29, 0.717) is 0 Å². The highest BCUT2D eigenvalue weighted by Crippen LogP contribution is 2.44. The first-order valence-corrected chi connectivity index (χ1v) is 15.3. The molecule has 0 nitrogen and oxygen atoms in total. The van der Waals surface area contributed by atoms with Crippen molar-refractivity contribution in [3.05, 3.63) is 170 Å². The number of fused-ring (bicyclic) bond motifs is 6. The zero-order valence-electron chi connectivity index (χ0n) is 24.2. The van der Waals surface area contributed by atoms with Gasteiger partial charge in [-0.3, -0.25) is 0 Å². The van der Waals surface area contributed by atoms with Crippen LogP contribution in [0.2, 0.25) is 0 Å². The standard InChI is InChI=1S/C44H28.CH4/c1-2-12-32-27-34(26-21-29(32)11-1)44-40-19-9-7-17-38(40)43(39-18-8-10-20-41(39)44)31-24-22-30(23-25-31)42-28-33-13-3-4-14-35(33)36-15-5-6-16-37(36)42;/h1-28H;1H4. The quantitative estimate of drug-likeness (QED) is 0.146. The van der Waals surface area contributed by atoms with E-state index in [0.717, 1.165) is 0 Å². The molecule has 0 amide bonds. The summed E-state index contributed by atoms with van der Waals surface area (Å²) in [5.74, 6) is 0. The van der Waals surface area contributed by atoms with Crippen LogP contribution in [0.15, 0.2) is 170 Å². The summed E-state index contributed by atoms with van der Waals surface area (Å²) in [7, 11) is 0. The summed E-state index contributed by atoms with van der Waals surface area (Å²) < 4.78 is 0. The third-order valence-corrected chi connectivity index (χ3v) is 9.22. The van der Waals surface area contributed by atoms with E-state index in [2.05, 4.69) is 170 Å². The Morgan fingerprint density at radius 2 is 0.667 bits per heavy atom. The molecule has 0 aromatic heterocycles. The van der Waals surface area contributed by atoms with Crippen molar-refractivity contribution < 1.29 is 0 Å². The first kappa shape index (κ1) is 26.9. The molecule has 9 aromatic carbocycles. The van der Waals surface area contributed by atoms with E-state index in [1.54, 1.807) is 0 Å². The highest BCUT2D eigenvalue weighted by atomic mass is 14.2. The van der Waals surface area contributed by atoms with E-state index in [9.17, 15) is 0 Å². The smallest absolute Gasteiger partial charge is 0.00262 e. The Labute approximate surface area is 263 Å². The van der Waals surface area contributed by atoms with E-state index < -0.39 is 0 Å². The van der Waals surface area contributed by atoms with Crippen LogP contribution in [-0.2, 0) is 0 Å². The van der Waals surface area contributed by atoms with Crippen molar-refractivity contribution >= 4 is 53.9 Å². The molecule has 9 aromatic rings. The van der Waals surface area contributed by atoms with Crippen LogP contribution < -0.4 is 0 Å². The molecular formula is C45H32. The fraction of sp³-hybridized carbons (Fsp3) is 0.0222. The lowest BCUT2D eigenvalue weighted by Crippen LogP contribution is -1.91.